The average Bonchev–Trinajstić information content (AvgIpc) is 2.26. The van der Waals surface area contributed by atoms with Crippen LogP contribution in [-0.2, 0) is 4.79 Å². The molecule has 0 spiro atoms. The average molecular weight is 241 g/mol. The van der Waals surface area contributed by atoms with Crippen LogP contribution in [0.25, 0.3) is 0 Å². The van der Waals surface area contributed by atoms with Crippen molar-refractivity contribution in [3.8, 4) is 5.75 Å². The molecule has 0 radical (unpaired) electrons. The van der Waals surface area contributed by atoms with Crippen molar-refractivity contribution in [3.05, 3.63) is 29.8 Å². The first-order valence-corrected chi connectivity index (χ1v) is 5.44. The normalized spacial score (nSPS) is 12.1. The summed E-state index contributed by atoms with van der Waals surface area (Å²) in [7, 11) is 0. The summed E-state index contributed by atoms with van der Waals surface area (Å²) < 4.78 is 0. The second kappa shape index (κ2) is 5.53. The zero-order chi connectivity index (χ0) is 12.1. The summed E-state index contributed by atoms with van der Waals surface area (Å²) >= 11 is 0.845. The first-order chi connectivity index (χ1) is 7.50. The van der Waals surface area contributed by atoms with E-state index in [0.29, 0.717) is 5.56 Å². The van der Waals surface area contributed by atoms with Crippen molar-refractivity contribution in [2.24, 2.45) is 5.73 Å². The molecule has 0 fully saturated rings. The molecule has 0 saturated carbocycles. The van der Waals surface area contributed by atoms with Gasteiger partial charge in [0.1, 0.15) is 11.8 Å². The maximum atomic E-state index is 11.5. The van der Waals surface area contributed by atoms with Crippen LogP contribution in [0.3, 0.4) is 0 Å². The van der Waals surface area contributed by atoms with E-state index in [4.69, 9.17) is 15.9 Å². The number of phenolic OH excluding ortho intramolecular Hbond substituents is 1. The molecule has 0 bridgehead atoms. The molecule has 5 nitrogen and oxygen atoms in total. The molecule has 6 heteroatoms. The maximum absolute atomic E-state index is 11.5. The standard InChI is InChI=1S/C10H11NO4S/c11-8(9(13)14)5-16-10(15)6-1-3-7(12)4-2-6/h1-4,8,12H,5,11H2,(H,13,14). The van der Waals surface area contributed by atoms with E-state index in [0.717, 1.165) is 11.8 Å². The van der Waals surface area contributed by atoms with Crippen LogP contribution in [0.15, 0.2) is 24.3 Å². The molecule has 1 aromatic rings. The molecule has 16 heavy (non-hydrogen) atoms. The summed E-state index contributed by atoms with van der Waals surface area (Å²) in [5.41, 5.74) is 5.66. The molecule has 0 aromatic heterocycles. The molecule has 0 heterocycles. The molecule has 0 aliphatic carbocycles. The van der Waals surface area contributed by atoms with Crippen molar-refractivity contribution in [2.45, 2.75) is 6.04 Å². The molecular formula is C10H11NO4S. The van der Waals surface area contributed by atoms with E-state index in [1.807, 2.05) is 0 Å². The van der Waals surface area contributed by atoms with Crippen molar-refractivity contribution in [2.75, 3.05) is 5.75 Å². The molecule has 0 amide bonds. The third-order valence-corrected chi connectivity index (χ3v) is 2.84. The Morgan fingerprint density at radius 1 is 1.31 bits per heavy atom. The van der Waals surface area contributed by atoms with E-state index in [9.17, 15) is 9.59 Å². The van der Waals surface area contributed by atoms with E-state index < -0.39 is 12.0 Å². The highest BCUT2D eigenvalue weighted by Gasteiger charge is 2.14. The Morgan fingerprint density at radius 3 is 2.38 bits per heavy atom. The third kappa shape index (κ3) is 3.56. The number of carbonyl (C=O) groups excluding carboxylic acids is 1. The molecule has 0 saturated heterocycles. The van der Waals surface area contributed by atoms with E-state index in [1.54, 1.807) is 0 Å². The first-order valence-electron chi connectivity index (χ1n) is 4.45. The molecule has 1 aromatic carbocycles. The van der Waals surface area contributed by atoms with Crippen LogP contribution in [0.2, 0.25) is 0 Å². The fourth-order valence-electron chi connectivity index (χ4n) is 0.918. The molecule has 86 valence electrons. The predicted molar refractivity (Wildman–Crippen MR) is 60.5 cm³/mol. The topological polar surface area (TPSA) is 101 Å². The van der Waals surface area contributed by atoms with Crippen LogP contribution in [-0.4, -0.2) is 33.1 Å². The largest absolute Gasteiger partial charge is 0.508 e. The number of rotatable bonds is 4. The zero-order valence-corrected chi connectivity index (χ0v) is 9.11. The number of carboxylic acids is 1. The lowest BCUT2D eigenvalue weighted by Gasteiger charge is -2.04. The molecule has 1 unspecified atom stereocenters. The minimum Gasteiger partial charge on any atom is -0.508 e. The fourth-order valence-corrected chi connectivity index (χ4v) is 1.69. The molecule has 4 N–H and O–H groups in total. The molecule has 0 aliphatic rings. The predicted octanol–water partition coefficient (Wildman–Crippen LogP) is 0.677. The highest BCUT2D eigenvalue weighted by molar-refractivity contribution is 8.14. The van der Waals surface area contributed by atoms with Crippen LogP contribution in [0.5, 0.6) is 5.75 Å². The Morgan fingerprint density at radius 2 is 1.88 bits per heavy atom. The van der Waals surface area contributed by atoms with E-state index in [1.165, 1.54) is 24.3 Å². The fraction of sp³-hybridized carbons (Fsp3) is 0.200. The summed E-state index contributed by atoms with van der Waals surface area (Å²) in [6, 6.07) is 4.68. The van der Waals surface area contributed by atoms with Gasteiger partial charge in [-0.1, -0.05) is 11.8 Å². The van der Waals surface area contributed by atoms with Crippen molar-refractivity contribution >= 4 is 22.8 Å². The number of aromatic hydroxyl groups is 1. The Bertz CT molecular complexity index is 390. The van der Waals surface area contributed by atoms with Gasteiger partial charge in [0.05, 0.1) is 0 Å². The second-order valence-electron chi connectivity index (χ2n) is 3.09. The summed E-state index contributed by atoms with van der Waals surface area (Å²) in [6.07, 6.45) is 0. The van der Waals surface area contributed by atoms with E-state index >= 15 is 0 Å². The minimum absolute atomic E-state index is 0.0229. The van der Waals surface area contributed by atoms with Crippen molar-refractivity contribution in [1.29, 1.82) is 0 Å². The van der Waals surface area contributed by atoms with Gasteiger partial charge in [0.2, 0.25) is 5.12 Å². The van der Waals surface area contributed by atoms with Gasteiger partial charge >= 0.3 is 5.97 Å². The number of carbonyl (C=O) groups is 2. The molecule has 0 aliphatic heterocycles. The number of hydrogen-bond acceptors (Lipinski definition) is 5. The lowest BCUT2D eigenvalue weighted by atomic mass is 10.2. The van der Waals surface area contributed by atoms with Crippen LogP contribution < -0.4 is 5.73 Å². The number of thioether (sulfide) groups is 1. The highest BCUT2D eigenvalue weighted by atomic mass is 32.2. The number of benzene rings is 1. The van der Waals surface area contributed by atoms with Gasteiger partial charge in [0.25, 0.3) is 0 Å². The Kier molecular flexibility index (Phi) is 4.33. The maximum Gasteiger partial charge on any atom is 0.321 e. The van der Waals surface area contributed by atoms with Gasteiger partial charge in [-0.2, -0.15) is 0 Å². The Labute approximate surface area is 96.3 Å². The SMILES string of the molecule is NC(CSC(=O)c1ccc(O)cc1)C(=O)O. The number of aliphatic carboxylic acids is 1. The van der Waals surface area contributed by atoms with Crippen LogP contribution >= 0.6 is 11.8 Å². The Hall–Kier alpha value is -1.53. The van der Waals surface area contributed by atoms with Gasteiger partial charge in [0.15, 0.2) is 0 Å². The van der Waals surface area contributed by atoms with Gasteiger partial charge < -0.3 is 15.9 Å². The number of carboxylic acid groups (broad SMARTS) is 1. The first kappa shape index (κ1) is 12.5. The lowest BCUT2D eigenvalue weighted by Crippen LogP contribution is -2.32. The summed E-state index contributed by atoms with van der Waals surface area (Å²) in [5, 5.41) is 17.3. The smallest absolute Gasteiger partial charge is 0.321 e. The monoisotopic (exact) mass is 241 g/mol. The lowest BCUT2D eigenvalue weighted by molar-refractivity contribution is -0.137. The summed E-state index contributed by atoms with van der Waals surface area (Å²) in [4.78, 5) is 21.9. The summed E-state index contributed by atoms with van der Waals surface area (Å²) in [6.45, 7) is 0. The molecular weight excluding hydrogens is 230 g/mol. The van der Waals surface area contributed by atoms with Gasteiger partial charge in [-0.25, -0.2) is 0 Å². The van der Waals surface area contributed by atoms with Gasteiger partial charge in [-0.15, -0.1) is 0 Å². The number of phenols is 1. The molecule has 1 atom stereocenters. The van der Waals surface area contributed by atoms with Crippen molar-refractivity contribution < 1.29 is 19.8 Å². The Balaban J connectivity index is 2.53. The highest BCUT2D eigenvalue weighted by Crippen LogP contribution is 2.16. The zero-order valence-electron chi connectivity index (χ0n) is 8.29. The second-order valence-corrected chi connectivity index (χ2v) is 4.08. The van der Waals surface area contributed by atoms with Gasteiger partial charge in [-0.3, -0.25) is 9.59 Å². The summed E-state index contributed by atoms with van der Waals surface area (Å²) in [5.74, 6) is -1.04. The quantitative estimate of drug-likeness (QED) is 0.716. The van der Waals surface area contributed by atoms with Gasteiger partial charge in [-0.05, 0) is 24.3 Å². The molecule has 1 rings (SSSR count). The van der Waals surface area contributed by atoms with Crippen molar-refractivity contribution in [3.63, 3.8) is 0 Å². The number of nitrogens with two attached hydrogens (primary N) is 1. The van der Waals surface area contributed by atoms with E-state index in [2.05, 4.69) is 0 Å². The number of hydrogen-bond donors (Lipinski definition) is 3. The van der Waals surface area contributed by atoms with E-state index in [-0.39, 0.29) is 16.6 Å². The van der Waals surface area contributed by atoms with Crippen LogP contribution in [0, 0.1) is 0 Å². The van der Waals surface area contributed by atoms with Crippen LogP contribution in [0.1, 0.15) is 10.4 Å². The van der Waals surface area contributed by atoms with Gasteiger partial charge in [0, 0.05) is 11.3 Å². The van der Waals surface area contributed by atoms with Crippen LogP contribution in [0.4, 0.5) is 0 Å². The minimum atomic E-state index is -1.13. The van der Waals surface area contributed by atoms with Crippen molar-refractivity contribution in [1.82, 2.24) is 0 Å². The third-order valence-electron chi connectivity index (χ3n) is 1.81.